The molecule has 5 atom stereocenters. The Labute approximate surface area is 261 Å². The summed E-state index contributed by atoms with van der Waals surface area (Å²) >= 11 is 0. The average Bonchev–Trinajstić information content (AvgIpc) is 3.34. The van der Waals surface area contributed by atoms with E-state index in [1.54, 1.807) is 36.3 Å². The van der Waals surface area contributed by atoms with Crippen molar-refractivity contribution >= 4 is 25.8 Å². The zero-order valence-electron chi connectivity index (χ0n) is 26.0. The van der Waals surface area contributed by atoms with Crippen LogP contribution in [0.2, 0.25) is 18.6 Å². The van der Waals surface area contributed by atoms with Crippen molar-refractivity contribution in [3.63, 3.8) is 0 Å². The van der Waals surface area contributed by atoms with Crippen molar-refractivity contribution in [1.82, 2.24) is 4.90 Å². The second-order valence-corrected chi connectivity index (χ2v) is 16.7. The Morgan fingerprint density at radius 2 is 1.68 bits per heavy atom. The lowest BCUT2D eigenvalue weighted by molar-refractivity contribution is -0.138. The number of ether oxygens (including phenoxy) is 2. The minimum absolute atomic E-state index is 0.0353. The minimum atomic E-state index is -2.65. The number of fused-ring (bicyclic) bond motifs is 1. The lowest BCUT2D eigenvalue weighted by atomic mass is 9.93. The van der Waals surface area contributed by atoms with Crippen LogP contribution in [0.15, 0.2) is 72.8 Å². The van der Waals surface area contributed by atoms with Crippen molar-refractivity contribution in [2.75, 3.05) is 19.0 Å². The summed E-state index contributed by atoms with van der Waals surface area (Å²) in [6, 6.07) is 22.6. The molecule has 3 aromatic rings. The first-order valence-electron chi connectivity index (χ1n) is 15.5. The van der Waals surface area contributed by atoms with Gasteiger partial charge in [0.25, 0.3) is 5.91 Å². The van der Waals surface area contributed by atoms with Crippen LogP contribution in [0.5, 0.6) is 5.75 Å². The summed E-state index contributed by atoms with van der Waals surface area (Å²) in [5, 5.41) is 13.0. The number of methoxy groups -OCH3 is 1. The molecule has 9 heteroatoms. The summed E-state index contributed by atoms with van der Waals surface area (Å²) in [6.45, 7) is 6.40. The molecule has 0 radical (unpaired) electrons. The predicted octanol–water partition coefficient (Wildman–Crippen LogP) is 5.19. The molecular weight excluding hydrogens is 572 g/mol. The molecule has 3 aromatic carbocycles. The quantitative estimate of drug-likeness (QED) is 0.271. The zero-order chi connectivity index (χ0) is 31.4. The fraction of sp³-hybridized carbons (Fsp3) is 0.429. The van der Waals surface area contributed by atoms with Crippen LogP contribution in [0, 0.1) is 5.92 Å². The summed E-state index contributed by atoms with van der Waals surface area (Å²) in [5.41, 5.74) is 4.61. The van der Waals surface area contributed by atoms with Gasteiger partial charge in [0.1, 0.15) is 5.75 Å². The van der Waals surface area contributed by atoms with Gasteiger partial charge >= 0.3 is 0 Å². The van der Waals surface area contributed by atoms with E-state index >= 15 is 0 Å². The van der Waals surface area contributed by atoms with E-state index in [4.69, 9.17) is 9.47 Å². The molecule has 2 heterocycles. The van der Waals surface area contributed by atoms with Crippen molar-refractivity contribution in [2.45, 2.75) is 76.0 Å². The van der Waals surface area contributed by atoms with Crippen LogP contribution in [0.4, 0.5) is 5.69 Å². The molecule has 44 heavy (non-hydrogen) atoms. The maximum Gasteiger partial charge on any atom is 0.255 e. The molecule has 0 bridgehead atoms. The van der Waals surface area contributed by atoms with Crippen LogP contribution in [-0.2, 0) is 28.9 Å². The second kappa shape index (κ2) is 13.6. The molecule has 2 amide bonds. The molecule has 0 saturated carbocycles. The summed E-state index contributed by atoms with van der Waals surface area (Å²) < 4.78 is 11.7. The fourth-order valence-corrected chi connectivity index (χ4v) is 9.56. The van der Waals surface area contributed by atoms with Crippen LogP contribution in [0.3, 0.4) is 0 Å². The van der Waals surface area contributed by atoms with E-state index < -0.39 is 8.32 Å². The first-order valence-corrected chi connectivity index (χ1v) is 18.5. The standard InChI is InChI=1S/C35H44N2O6Si/c1-23-31(18-11-24-9-14-28(15-10-24)36-35(40)25-12-16-30(42-2)17-13-25)43-32(34(23)44(3,4)41)20-33(39)37-21-27-8-6-5-7-26(27)19-29(37)22-38/h5-10,12-17,23,29,31-32,34,38,41H,11,18-22H2,1-4H3,(H,36,40)/t23-,29+,31+,32-,34+/m1/s1. The third kappa shape index (κ3) is 7.23. The molecule has 234 valence electrons. The number of aliphatic hydroxyl groups excluding tert-OH is 1. The highest BCUT2D eigenvalue weighted by atomic mass is 28.4. The van der Waals surface area contributed by atoms with Crippen LogP contribution >= 0.6 is 0 Å². The Kier molecular flexibility index (Phi) is 9.89. The highest BCUT2D eigenvalue weighted by molar-refractivity contribution is 6.71. The number of carbonyl (C=O) groups is 2. The summed E-state index contributed by atoms with van der Waals surface area (Å²) in [4.78, 5) is 39.3. The summed E-state index contributed by atoms with van der Waals surface area (Å²) in [6.07, 6.45) is 1.93. The number of nitrogens with one attached hydrogen (secondary N) is 1. The number of anilines is 1. The van der Waals surface area contributed by atoms with E-state index in [0.717, 1.165) is 24.0 Å². The van der Waals surface area contributed by atoms with E-state index in [2.05, 4.69) is 18.3 Å². The highest BCUT2D eigenvalue weighted by Crippen LogP contribution is 2.46. The van der Waals surface area contributed by atoms with Crippen LogP contribution in [0.1, 0.15) is 46.8 Å². The van der Waals surface area contributed by atoms with Gasteiger partial charge in [0.05, 0.1) is 38.4 Å². The summed E-state index contributed by atoms with van der Waals surface area (Å²) in [7, 11) is -1.06. The maximum absolute atomic E-state index is 13.7. The number of amides is 2. The van der Waals surface area contributed by atoms with Crippen LogP contribution in [-0.4, -0.2) is 66.9 Å². The van der Waals surface area contributed by atoms with Crippen LogP contribution < -0.4 is 10.1 Å². The monoisotopic (exact) mass is 616 g/mol. The molecule has 0 spiro atoms. The molecule has 2 aliphatic heterocycles. The van der Waals surface area contributed by atoms with Gasteiger partial charge in [0.2, 0.25) is 5.91 Å². The number of benzene rings is 3. The lowest BCUT2D eigenvalue weighted by Gasteiger charge is -2.37. The van der Waals surface area contributed by atoms with Gasteiger partial charge in [-0.2, -0.15) is 0 Å². The number of hydrogen-bond donors (Lipinski definition) is 3. The number of aryl methyl sites for hydroxylation is 1. The first-order chi connectivity index (χ1) is 21.1. The number of aliphatic hydroxyl groups is 1. The maximum atomic E-state index is 13.7. The molecule has 8 nitrogen and oxygen atoms in total. The molecule has 0 aliphatic carbocycles. The van der Waals surface area contributed by atoms with Crippen molar-refractivity contribution in [2.24, 2.45) is 5.92 Å². The number of nitrogens with zero attached hydrogens (tertiary/aromatic N) is 1. The molecular formula is C35H44N2O6Si. The Morgan fingerprint density at radius 1 is 1.00 bits per heavy atom. The van der Waals surface area contributed by atoms with Gasteiger partial charge in [-0.05, 0) is 91.4 Å². The van der Waals surface area contributed by atoms with Gasteiger partial charge in [-0.3, -0.25) is 9.59 Å². The minimum Gasteiger partial charge on any atom is -0.497 e. The van der Waals surface area contributed by atoms with Gasteiger partial charge in [-0.25, -0.2) is 0 Å². The molecule has 0 unspecified atom stereocenters. The van der Waals surface area contributed by atoms with Gasteiger partial charge in [-0.1, -0.05) is 43.3 Å². The van der Waals surface area contributed by atoms with Gasteiger partial charge in [0, 0.05) is 23.3 Å². The third-order valence-electron chi connectivity index (χ3n) is 9.26. The lowest BCUT2D eigenvalue weighted by Crippen LogP contribution is -2.48. The SMILES string of the molecule is COc1ccc(C(=O)Nc2ccc(CC[C@@H]3O[C@H](CC(=O)N4Cc5ccccc5C[C@H]4CO)[C@@H]([Si](C)(C)O)[C@@H]3C)cc2)cc1. The van der Waals surface area contributed by atoms with Crippen molar-refractivity contribution in [1.29, 1.82) is 0 Å². The van der Waals surface area contributed by atoms with E-state index in [1.807, 2.05) is 55.6 Å². The predicted molar refractivity (Wildman–Crippen MR) is 173 cm³/mol. The van der Waals surface area contributed by atoms with Crippen molar-refractivity contribution in [3.05, 3.63) is 95.1 Å². The smallest absolute Gasteiger partial charge is 0.255 e. The largest absolute Gasteiger partial charge is 0.497 e. The van der Waals surface area contributed by atoms with Gasteiger partial charge in [0.15, 0.2) is 8.32 Å². The summed E-state index contributed by atoms with van der Waals surface area (Å²) in [5.74, 6) is 0.587. The molecule has 0 aromatic heterocycles. The molecule has 2 aliphatic rings. The first kappa shape index (κ1) is 31.9. The molecule has 1 saturated heterocycles. The Hall–Kier alpha value is -3.50. The Bertz CT molecular complexity index is 1440. The van der Waals surface area contributed by atoms with E-state index in [0.29, 0.717) is 30.0 Å². The Balaban J connectivity index is 1.20. The molecule has 3 N–H and O–H groups in total. The third-order valence-corrected chi connectivity index (χ3v) is 11.8. The number of carbonyl (C=O) groups excluding carboxylic acids is 2. The van der Waals surface area contributed by atoms with Crippen molar-refractivity contribution in [3.8, 4) is 5.75 Å². The number of hydrogen-bond acceptors (Lipinski definition) is 6. The molecule has 5 rings (SSSR count). The van der Waals surface area contributed by atoms with Gasteiger partial charge < -0.3 is 29.6 Å². The fourth-order valence-electron chi connectivity index (χ4n) is 6.95. The topological polar surface area (TPSA) is 108 Å². The Morgan fingerprint density at radius 3 is 2.32 bits per heavy atom. The van der Waals surface area contributed by atoms with E-state index in [1.165, 1.54) is 5.56 Å². The highest BCUT2D eigenvalue weighted by Gasteiger charge is 2.50. The van der Waals surface area contributed by atoms with Crippen molar-refractivity contribution < 1.29 is 29.0 Å². The second-order valence-electron chi connectivity index (χ2n) is 12.7. The zero-order valence-corrected chi connectivity index (χ0v) is 27.0. The van der Waals surface area contributed by atoms with E-state index in [9.17, 15) is 19.5 Å². The molecule has 1 fully saturated rings. The van der Waals surface area contributed by atoms with E-state index in [-0.39, 0.29) is 54.6 Å². The number of rotatable bonds is 10. The van der Waals surface area contributed by atoms with Crippen LogP contribution in [0.25, 0.3) is 0 Å². The average molecular weight is 617 g/mol. The van der Waals surface area contributed by atoms with Gasteiger partial charge in [-0.15, -0.1) is 0 Å². The normalized spacial score (nSPS) is 23.2.